The van der Waals surface area contributed by atoms with E-state index in [1.54, 1.807) is 11.8 Å². The van der Waals surface area contributed by atoms with Gasteiger partial charge in [0.1, 0.15) is 6.61 Å². The van der Waals surface area contributed by atoms with Crippen molar-refractivity contribution in [2.75, 3.05) is 25.7 Å². The molecule has 0 aliphatic carbocycles. The molecule has 1 atom stereocenters. The summed E-state index contributed by atoms with van der Waals surface area (Å²) in [6.45, 7) is 6.88. The van der Waals surface area contributed by atoms with Crippen LogP contribution in [-0.2, 0) is 23.7 Å². The zero-order chi connectivity index (χ0) is 17.2. The summed E-state index contributed by atoms with van der Waals surface area (Å²) in [7, 11) is -1.87. The summed E-state index contributed by atoms with van der Waals surface area (Å²) < 4.78 is 26.9. The molecular formula is C16H27NO4S2. The van der Waals surface area contributed by atoms with E-state index in [1.807, 2.05) is 0 Å². The standard InChI is InChI=1S/C8H10S.C7H13NO4S.CH4/c1-7-3-5-8(9-2)6-4-7;1-6(2)7(9)12-4-5-13(8,10)11-3;/h3-6H,1-2H3;8H,1,4-5H2,2-3H3;1H4. The highest BCUT2D eigenvalue weighted by Crippen LogP contribution is 2.13. The smallest absolute Gasteiger partial charge is 0.333 e. The van der Waals surface area contributed by atoms with Crippen molar-refractivity contribution in [1.29, 1.82) is 4.78 Å². The van der Waals surface area contributed by atoms with Gasteiger partial charge in [-0.05, 0) is 32.2 Å². The maximum Gasteiger partial charge on any atom is 0.333 e. The number of ether oxygens (including phenoxy) is 1. The minimum atomic E-state index is -3.05. The van der Waals surface area contributed by atoms with E-state index in [0.717, 1.165) is 0 Å². The minimum absolute atomic E-state index is 0. The quantitative estimate of drug-likeness (QED) is 0.469. The fourth-order valence-corrected chi connectivity index (χ4v) is 2.00. The molecule has 0 aromatic heterocycles. The lowest BCUT2D eigenvalue weighted by Gasteiger charge is -2.05. The van der Waals surface area contributed by atoms with Gasteiger partial charge < -0.3 is 4.74 Å². The Morgan fingerprint density at radius 3 is 2.26 bits per heavy atom. The van der Waals surface area contributed by atoms with Crippen LogP contribution in [0.4, 0.5) is 0 Å². The van der Waals surface area contributed by atoms with Crippen LogP contribution >= 0.6 is 11.8 Å². The molecule has 0 amide bonds. The maximum atomic E-state index is 10.9. The molecule has 1 rings (SSSR count). The van der Waals surface area contributed by atoms with Crippen LogP contribution in [0.15, 0.2) is 41.3 Å². The SMILES string of the molecule is C.C=C(C)C(=O)OCCS(=N)(=O)OC.CSc1ccc(C)cc1. The van der Waals surface area contributed by atoms with E-state index < -0.39 is 16.0 Å². The second-order valence-electron chi connectivity index (χ2n) is 4.42. The van der Waals surface area contributed by atoms with Crippen LogP contribution in [0.5, 0.6) is 0 Å². The van der Waals surface area contributed by atoms with Gasteiger partial charge in [0.25, 0.3) is 0 Å². The Hall–Kier alpha value is -1.31. The molecule has 7 heteroatoms. The number of carbonyl (C=O) groups is 1. The third-order valence-electron chi connectivity index (χ3n) is 2.46. The molecular weight excluding hydrogens is 334 g/mol. The van der Waals surface area contributed by atoms with Crippen molar-refractivity contribution in [2.24, 2.45) is 0 Å². The number of nitrogens with one attached hydrogen (secondary N) is 1. The molecule has 23 heavy (non-hydrogen) atoms. The average Bonchev–Trinajstić information content (AvgIpc) is 2.48. The first-order valence-electron chi connectivity index (χ1n) is 6.47. The van der Waals surface area contributed by atoms with E-state index in [9.17, 15) is 9.00 Å². The molecule has 0 saturated carbocycles. The molecule has 0 spiro atoms. The Balaban J connectivity index is 0. The van der Waals surface area contributed by atoms with Crippen molar-refractivity contribution in [3.8, 4) is 0 Å². The molecule has 0 heterocycles. The third-order valence-corrected chi connectivity index (χ3v) is 4.45. The number of benzene rings is 1. The van der Waals surface area contributed by atoms with E-state index >= 15 is 0 Å². The van der Waals surface area contributed by atoms with E-state index in [0.29, 0.717) is 0 Å². The first-order valence-corrected chi connectivity index (χ1v) is 9.35. The van der Waals surface area contributed by atoms with Gasteiger partial charge in [-0.15, -0.1) is 11.8 Å². The van der Waals surface area contributed by atoms with E-state index in [-0.39, 0.29) is 25.4 Å². The Bertz CT molecular complexity index is 581. The number of hydrogen-bond donors (Lipinski definition) is 1. The van der Waals surface area contributed by atoms with Crippen LogP contribution in [0.1, 0.15) is 19.9 Å². The maximum absolute atomic E-state index is 10.9. The van der Waals surface area contributed by atoms with Crippen molar-refractivity contribution >= 4 is 27.7 Å². The summed E-state index contributed by atoms with van der Waals surface area (Å²) >= 11 is 1.78. The lowest BCUT2D eigenvalue weighted by atomic mass is 10.2. The second kappa shape index (κ2) is 12.2. The zero-order valence-electron chi connectivity index (χ0n) is 13.4. The molecule has 1 unspecified atom stereocenters. The molecule has 0 saturated heterocycles. The molecule has 0 radical (unpaired) electrons. The molecule has 1 aromatic carbocycles. The van der Waals surface area contributed by atoms with Gasteiger partial charge in [0.2, 0.25) is 0 Å². The molecule has 0 aliphatic heterocycles. The topological polar surface area (TPSA) is 76.5 Å². The van der Waals surface area contributed by atoms with Crippen molar-refractivity contribution < 1.29 is 17.9 Å². The Morgan fingerprint density at radius 2 is 1.87 bits per heavy atom. The summed E-state index contributed by atoms with van der Waals surface area (Å²) in [5.74, 6) is -0.672. The lowest BCUT2D eigenvalue weighted by Crippen LogP contribution is -2.15. The van der Waals surface area contributed by atoms with E-state index in [1.165, 1.54) is 24.5 Å². The lowest BCUT2D eigenvalue weighted by molar-refractivity contribution is -0.138. The first kappa shape index (κ1) is 23.9. The number of carbonyl (C=O) groups excluding carboxylic acids is 1. The van der Waals surface area contributed by atoms with Crippen LogP contribution in [0.2, 0.25) is 0 Å². The fraction of sp³-hybridized carbons (Fsp3) is 0.438. The summed E-state index contributed by atoms with van der Waals surface area (Å²) in [4.78, 5) is 12.1. The summed E-state index contributed by atoms with van der Waals surface area (Å²) in [6, 6.07) is 8.54. The zero-order valence-corrected chi connectivity index (χ0v) is 15.0. The normalized spacial score (nSPS) is 12.0. The van der Waals surface area contributed by atoms with Crippen LogP contribution < -0.4 is 0 Å². The average molecular weight is 362 g/mol. The second-order valence-corrected chi connectivity index (χ2v) is 7.27. The molecule has 0 bridgehead atoms. The van der Waals surface area contributed by atoms with Gasteiger partial charge in [-0.1, -0.05) is 31.7 Å². The van der Waals surface area contributed by atoms with Gasteiger partial charge >= 0.3 is 5.97 Å². The van der Waals surface area contributed by atoms with Gasteiger partial charge in [0.15, 0.2) is 10.0 Å². The highest BCUT2D eigenvalue weighted by atomic mass is 32.2. The first-order chi connectivity index (χ1) is 10.2. The minimum Gasteiger partial charge on any atom is -0.461 e. The van der Waals surface area contributed by atoms with Crippen LogP contribution in [0, 0.1) is 11.7 Å². The molecule has 5 nitrogen and oxygen atoms in total. The predicted molar refractivity (Wildman–Crippen MR) is 98.2 cm³/mol. The Labute approximate surface area is 144 Å². The number of hydrogen-bond acceptors (Lipinski definition) is 6. The van der Waals surface area contributed by atoms with Crippen LogP contribution in [0.3, 0.4) is 0 Å². The predicted octanol–water partition coefficient (Wildman–Crippen LogP) is 4.07. The van der Waals surface area contributed by atoms with Gasteiger partial charge in [-0.2, -0.15) is 0 Å². The van der Waals surface area contributed by atoms with Crippen molar-refractivity contribution in [2.45, 2.75) is 26.2 Å². The summed E-state index contributed by atoms with van der Waals surface area (Å²) in [5.41, 5.74) is 1.60. The van der Waals surface area contributed by atoms with Crippen LogP contribution in [0.25, 0.3) is 0 Å². The molecule has 132 valence electrons. The molecule has 1 aromatic rings. The fourth-order valence-electron chi connectivity index (χ4n) is 1.12. The largest absolute Gasteiger partial charge is 0.461 e. The van der Waals surface area contributed by atoms with Crippen molar-refractivity contribution in [1.82, 2.24) is 0 Å². The Kier molecular flexibility index (Phi) is 12.7. The van der Waals surface area contributed by atoms with Gasteiger partial charge in [0, 0.05) is 10.5 Å². The molecule has 0 fully saturated rings. The highest BCUT2D eigenvalue weighted by Gasteiger charge is 2.07. The van der Waals surface area contributed by atoms with Crippen molar-refractivity contribution in [3.05, 3.63) is 42.0 Å². The molecule has 0 aliphatic rings. The number of thioether (sulfide) groups is 1. The number of esters is 1. The van der Waals surface area contributed by atoms with E-state index in [2.05, 4.69) is 52.9 Å². The summed E-state index contributed by atoms with van der Waals surface area (Å²) in [6.07, 6.45) is 2.09. The number of aryl methyl sites for hydroxylation is 1. The van der Waals surface area contributed by atoms with Crippen molar-refractivity contribution in [3.63, 3.8) is 0 Å². The third kappa shape index (κ3) is 11.9. The van der Waals surface area contributed by atoms with Crippen LogP contribution in [-0.4, -0.2) is 35.9 Å². The number of rotatable bonds is 6. The molecule has 1 N–H and O–H groups in total. The van der Waals surface area contributed by atoms with Gasteiger partial charge in [-0.3, -0.25) is 4.18 Å². The van der Waals surface area contributed by atoms with E-state index in [4.69, 9.17) is 4.78 Å². The summed E-state index contributed by atoms with van der Waals surface area (Å²) in [5, 5.41) is 0. The highest BCUT2D eigenvalue weighted by molar-refractivity contribution is 7.98. The monoisotopic (exact) mass is 361 g/mol. The van der Waals surface area contributed by atoms with Gasteiger partial charge in [0.05, 0.1) is 12.9 Å². The van der Waals surface area contributed by atoms with Gasteiger partial charge in [-0.25, -0.2) is 13.8 Å². The Morgan fingerprint density at radius 1 is 1.35 bits per heavy atom.